The summed E-state index contributed by atoms with van der Waals surface area (Å²) >= 11 is 11.8. The quantitative estimate of drug-likeness (QED) is 0.803. The summed E-state index contributed by atoms with van der Waals surface area (Å²) in [6.45, 7) is 3.56. The van der Waals surface area contributed by atoms with Gasteiger partial charge in [0, 0.05) is 13.1 Å². The van der Waals surface area contributed by atoms with Crippen molar-refractivity contribution < 1.29 is 14.7 Å². The van der Waals surface area contributed by atoms with E-state index in [1.165, 1.54) is 10.6 Å². The highest BCUT2D eigenvalue weighted by Gasteiger charge is 2.17. The van der Waals surface area contributed by atoms with E-state index in [9.17, 15) is 9.59 Å². The Morgan fingerprint density at radius 1 is 1.33 bits per heavy atom. The monoisotopic (exact) mass is 334 g/mol. The summed E-state index contributed by atoms with van der Waals surface area (Å²) in [5.74, 6) is -1.40. The molecule has 21 heavy (non-hydrogen) atoms. The minimum absolute atomic E-state index is 0.0501. The van der Waals surface area contributed by atoms with E-state index < -0.39 is 5.97 Å². The fraction of sp³-hybridized carbons (Fsp3) is 0.571. The Hall–Kier alpha value is -1.20. The highest BCUT2D eigenvalue weighted by atomic mass is 35.5. The first-order valence-electron chi connectivity index (χ1n) is 6.78. The van der Waals surface area contributed by atoms with E-state index in [2.05, 4.69) is 5.32 Å². The molecule has 0 saturated heterocycles. The van der Waals surface area contributed by atoms with Gasteiger partial charge in [0.15, 0.2) is 0 Å². The number of hydrogen-bond donors (Lipinski definition) is 2. The molecule has 1 rings (SSSR count). The van der Waals surface area contributed by atoms with Crippen LogP contribution < -0.4 is 5.32 Å². The Balaban J connectivity index is 2.47. The number of aromatic nitrogens is 1. The standard InChI is InChI=1S/C14H20Cl2N2O3/c1-8(14(20)21)5-4-6-9(2)17-13(19)11-7-10(15)12(16)18(11)3/h7-9H,4-6H2,1-3H3,(H,17,19)(H,20,21). The highest BCUT2D eigenvalue weighted by molar-refractivity contribution is 6.41. The lowest BCUT2D eigenvalue weighted by Crippen LogP contribution is -2.33. The second-order valence-corrected chi connectivity index (χ2v) is 6.04. The van der Waals surface area contributed by atoms with E-state index in [1.54, 1.807) is 14.0 Å². The van der Waals surface area contributed by atoms with Crippen LogP contribution >= 0.6 is 23.2 Å². The lowest BCUT2D eigenvalue weighted by molar-refractivity contribution is -0.141. The predicted octanol–water partition coefficient (Wildman–Crippen LogP) is 3.34. The molecular formula is C14H20Cl2N2O3. The van der Waals surface area contributed by atoms with Crippen molar-refractivity contribution >= 4 is 35.1 Å². The van der Waals surface area contributed by atoms with Gasteiger partial charge in [-0.1, -0.05) is 36.5 Å². The maximum absolute atomic E-state index is 12.1. The summed E-state index contributed by atoms with van der Waals surface area (Å²) in [4.78, 5) is 22.8. The molecule has 0 aliphatic carbocycles. The van der Waals surface area contributed by atoms with E-state index in [-0.39, 0.29) is 17.9 Å². The van der Waals surface area contributed by atoms with Crippen molar-refractivity contribution in [3.63, 3.8) is 0 Å². The molecule has 5 nitrogen and oxygen atoms in total. The molecule has 0 aromatic carbocycles. The number of carboxylic acids is 1. The smallest absolute Gasteiger partial charge is 0.306 e. The number of rotatable bonds is 7. The molecule has 2 atom stereocenters. The topological polar surface area (TPSA) is 71.3 Å². The molecule has 1 aromatic heterocycles. The number of aliphatic carboxylic acids is 1. The first-order chi connectivity index (χ1) is 9.73. The van der Waals surface area contributed by atoms with Gasteiger partial charge in [-0.15, -0.1) is 0 Å². The molecule has 0 aliphatic rings. The van der Waals surface area contributed by atoms with Crippen molar-refractivity contribution in [2.24, 2.45) is 13.0 Å². The number of nitrogens with zero attached hydrogens (tertiary/aromatic N) is 1. The highest BCUT2D eigenvalue weighted by Crippen LogP contribution is 2.25. The average Bonchev–Trinajstić information content (AvgIpc) is 2.66. The van der Waals surface area contributed by atoms with Crippen molar-refractivity contribution in [1.82, 2.24) is 9.88 Å². The zero-order valence-corrected chi connectivity index (χ0v) is 13.8. The third-order valence-electron chi connectivity index (χ3n) is 3.42. The van der Waals surface area contributed by atoms with Gasteiger partial charge >= 0.3 is 5.97 Å². The number of nitrogens with one attached hydrogen (secondary N) is 1. The van der Waals surface area contributed by atoms with Gasteiger partial charge in [0.05, 0.1) is 10.9 Å². The zero-order chi connectivity index (χ0) is 16.2. The van der Waals surface area contributed by atoms with E-state index >= 15 is 0 Å². The van der Waals surface area contributed by atoms with E-state index in [0.717, 1.165) is 12.8 Å². The van der Waals surface area contributed by atoms with Crippen LogP contribution in [0.5, 0.6) is 0 Å². The summed E-state index contributed by atoms with van der Waals surface area (Å²) in [6, 6.07) is 1.48. The number of carbonyl (C=O) groups excluding carboxylic acids is 1. The predicted molar refractivity (Wildman–Crippen MR) is 83.0 cm³/mol. The number of halogens is 2. The maximum Gasteiger partial charge on any atom is 0.306 e. The van der Waals surface area contributed by atoms with Crippen LogP contribution in [-0.4, -0.2) is 27.6 Å². The Morgan fingerprint density at radius 2 is 1.95 bits per heavy atom. The van der Waals surface area contributed by atoms with Gasteiger partial charge in [0.25, 0.3) is 5.91 Å². The number of carbonyl (C=O) groups is 2. The lowest BCUT2D eigenvalue weighted by Gasteiger charge is -2.15. The molecule has 1 amide bonds. The number of amides is 1. The van der Waals surface area contributed by atoms with Crippen LogP contribution in [-0.2, 0) is 11.8 Å². The van der Waals surface area contributed by atoms with Crippen molar-refractivity contribution in [2.75, 3.05) is 0 Å². The molecule has 118 valence electrons. The van der Waals surface area contributed by atoms with Crippen molar-refractivity contribution in [2.45, 2.75) is 39.2 Å². The summed E-state index contributed by atoms with van der Waals surface area (Å²) < 4.78 is 1.53. The molecule has 0 radical (unpaired) electrons. The van der Waals surface area contributed by atoms with Gasteiger partial charge in [-0.05, 0) is 25.8 Å². The molecule has 0 aliphatic heterocycles. The van der Waals surface area contributed by atoms with Crippen LogP contribution in [0.1, 0.15) is 43.6 Å². The molecule has 7 heteroatoms. The van der Waals surface area contributed by atoms with Crippen LogP contribution in [0.3, 0.4) is 0 Å². The fourth-order valence-electron chi connectivity index (χ4n) is 1.98. The third kappa shape index (κ3) is 4.93. The van der Waals surface area contributed by atoms with Crippen LogP contribution in [0, 0.1) is 5.92 Å². The Morgan fingerprint density at radius 3 is 2.43 bits per heavy atom. The van der Waals surface area contributed by atoms with Gasteiger partial charge in [0.1, 0.15) is 10.8 Å². The van der Waals surface area contributed by atoms with Crippen molar-refractivity contribution in [1.29, 1.82) is 0 Å². The van der Waals surface area contributed by atoms with Gasteiger partial charge in [-0.25, -0.2) is 0 Å². The van der Waals surface area contributed by atoms with Crippen molar-refractivity contribution in [3.8, 4) is 0 Å². The summed E-state index contributed by atoms with van der Waals surface area (Å²) in [5, 5.41) is 12.3. The van der Waals surface area contributed by atoms with Gasteiger partial charge in [-0.3, -0.25) is 9.59 Å². The van der Waals surface area contributed by atoms with Gasteiger partial charge in [-0.2, -0.15) is 0 Å². The van der Waals surface area contributed by atoms with Gasteiger partial charge in [0.2, 0.25) is 0 Å². The Kier molecular flexibility index (Phi) is 6.55. The first-order valence-corrected chi connectivity index (χ1v) is 7.54. The summed E-state index contributed by atoms with van der Waals surface area (Å²) in [7, 11) is 1.67. The second kappa shape index (κ2) is 7.71. The summed E-state index contributed by atoms with van der Waals surface area (Å²) in [5.41, 5.74) is 0.399. The molecule has 0 bridgehead atoms. The Bertz CT molecular complexity index is 529. The number of carboxylic acid groups (broad SMARTS) is 1. The molecular weight excluding hydrogens is 315 g/mol. The normalized spacial score (nSPS) is 13.8. The minimum atomic E-state index is -0.792. The average molecular weight is 335 g/mol. The van der Waals surface area contributed by atoms with E-state index in [1.807, 2.05) is 6.92 Å². The SMILES string of the molecule is CC(CCCC(C)C(=O)O)NC(=O)c1cc(Cl)c(Cl)n1C. The van der Waals surface area contributed by atoms with E-state index in [4.69, 9.17) is 28.3 Å². The van der Waals surface area contributed by atoms with Crippen LogP contribution in [0.15, 0.2) is 6.07 Å². The van der Waals surface area contributed by atoms with Crippen LogP contribution in [0.2, 0.25) is 10.2 Å². The van der Waals surface area contributed by atoms with Gasteiger partial charge < -0.3 is 15.0 Å². The zero-order valence-electron chi connectivity index (χ0n) is 12.3. The molecule has 0 spiro atoms. The van der Waals surface area contributed by atoms with Crippen LogP contribution in [0.4, 0.5) is 0 Å². The Labute approximate surface area is 134 Å². The number of hydrogen-bond acceptors (Lipinski definition) is 2. The van der Waals surface area contributed by atoms with Crippen LogP contribution in [0.25, 0.3) is 0 Å². The molecule has 2 unspecified atom stereocenters. The maximum atomic E-state index is 12.1. The molecule has 0 saturated carbocycles. The first kappa shape index (κ1) is 17.9. The molecule has 2 N–H and O–H groups in total. The van der Waals surface area contributed by atoms with Crippen molar-refractivity contribution in [3.05, 3.63) is 21.9 Å². The molecule has 0 fully saturated rings. The second-order valence-electron chi connectivity index (χ2n) is 5.27. The lowest BCUT2D eigenvalue weighted by atomic mass is 10.0. The minimum Gasteiger partial charge on any atom is -0.481 e. The largest absolute Gasteiger partial charge is 0.481 e. The van der Waals surface area contributed by atoms with E-state index in [0.29, 0.717) is 22.3 Å². The summed E-state index contributed by atoms with van der Waals surface area (Å²) in [6.07, 6.45) is 2.05. The molecule has 1 aromatic rings. The third-order valence-corrected chi connectivity index (χ3v) is 4.26. The fourth-order valence-corrected chi connectivity index (χ4v) is 2.36. The molecule has 1 heterocycles.